The van der Waals surface area contributed by atoms with Crippen LogP contribution in [0.2, 0.25) is 0 Å². The van der Waals surface area contributed by atoms with Crippen LogP contribution in [0.3, 0.4) is 0 Å². The molecule has 2 aliphatic heterocycles. The van der Waals surface area contributed by atoms with Crippen molar-refractivity contribution in [2.75, 3.05) is 26.2 Å². The number of piperidine rings is 1. The summed E-state index contributed by atoms with van der Waals surface area (Å²) in [6, 6.07) is 0.506. The molecule has 19 heavy (non-hydrogen) atoms. The Morgan fingerprint density at radius 1 is 1.00 bits per heavy atom. The number of hydrogen-bond acceptors (Lipinski definition) is 3. The van der Waals surface area contributed by atoms with Crippen molar-refractivity contribution in [3.63, 3.8) is 0 Å². The molecule has 3 aliphatic rings. The molecule has 0 bridgehead atoms. The molecule has 1 saturated carbocycles. The quantitative estimate of drug-likeness (QED) is 0.820. The lowest BCUT2D eigenvalue weighted by atomic mass is 10.1. The van der Waals surface area contributed by atoms with Crippen LogP contribution in [0.1, 0.15) is 32.1 Å². The number of rotatable bonds is 3. The molecule has 106 valence electrons. The van der Waals surface area contributed by atoms with Gasteiger partial charge < -0.3 is 10.0 Å². The normalized spacial score (nSPS) is 35.4. The Labute approximate surface area is 113 Å². The highest BCUT2D eigenvalue weighted by Crippen LogP contribution is 2.40. The first-order valence-corrected chi connectivity index (χ1v) is 7.42. The van der Waals surface area contributed by atoms with Crippen molar-refractivity contribution < 1.29 is 14.7 Å². The molecule has 1 N–H and O–H groups in total. The minimum atomic E-state index is -0.815. The second-order valence-corrected chi connectivity index (χ2v) is 6.11. The number of carbonyl (C=O) groups excluding carboxylic acids is 1. The van der Waals surface area contributed by atoms with Gasteiger partial charge in [0.25, 0.3) is 0 Å². The number of nitrogens with zero attached hydrogens (tertiary/aromatic N) is 2. The summed E-state index contributed by atoms with van der Waals surface area (Å²) in [4.78, 5) is 27.4. The van der Waals surface area contributed by atoms with E-state index in [1.54, 1.807) is 0 Å². The van der Waals surface area contributed by atoms with Gasteiger partial charge in [0.1, 0.15) is 0 Å². The van der Waals surface area contributed by atoms with Gasteiger partial charge in [-0.3, -0.25) is 14.5 Å². The van der Waals surface area contributed by atoms with Crippen molar-refractivity contribution in [1.29, 1.82) is 0 Å². The van der Waals surface area contributed by atoms with E-state index in [1.165, 1.54) is 19.3 Å². The zero-order valence-electron chi connectivity index (χ0n) is 11.3. The lowest BCUT2D eigenvalue weighted by molar-refractivity contribution is -0.141. The van der Waals surface area contributed by atoms with Crippen molar-refractivity contribution >= 4 is 11.9 Å². The Morgan fingerprint density at radius 3 is 2.37 bits per heavy atom. The molecule has 3 unspecified atom stereocenters. The predicted octanol–water partition coefficient (Wildman–Crippen LogP) is 0.794. The third-order valence-corrected chi connectivity index (χ3v) is 4.81. The molecule has 5 heteroatoms. The number of likely N-dealkylation sites (tertiary alicyclic amines) is 2. The first-order valence-electron chi connectivity index (χ1n) is 7.42. The van der Waals surface area contributed by atoms with Gasteiger partial charge in [-0.05, 0) is 38.8 Å². The van der Waals surface area contributed by atoms with E-state index < -0.39 is 11.9 Å². The topological polar surface area (TPSA) is 60.9 Å². The van der Waals surface area contributed by atoms with Gasteiger partial charge in [0.05, 0.1) is 11.8 Å². The molecule has 2 heterocycles. The van der Waals surface area contributed by atoms with E-state index in [9.17, 15) is 9.59 Å². The van der Waals surface area contributed by atoms with Crippen LogP contribution < -0.4 is 0 Å². The van der Waals surface area contributed by atoms with Gasteiger partial charge in [-0.25, -0.2) is 0 Å². The van der Waals surface area contributed by atoms with Crippen molar-refractivity contribution in [2.45, 2.75) is 38.1 Å². The number of carboxylic acids is 1. The number of aliphatic carboxylic acids is 1. The fraction of sp³-hybridized carbons (Fsp3) is 0.857. The van der Waals surface area contributed by atoms with Crippen molar-refractivity contribution in [1.82, 2.24) is 9.80 Å². The monoisotopic (exact) mass is 266 g/mol. The predicted molar refractivity (Wildman–Crippen MR) is 69.6 cm³/mol. The zero-order valence-corrected chi connectivity index (χ0v) is 11.3. The van der Waals surface area contributed by atoms with Crippen LogP contribution in [0.5, 0.6) is 0 Å². The molecule has 1 amide bonds. The van der Waals surface area contributed by atoms with E-state index >= 15 is 0 Å². The Morgan fingerprint density at radius 2 is 1.74 bits per heavy atom. The summed E-state index contributed by atoms with van der Waals surface area (Å²) in [7, 11) is 0. The highest BCUT2D eigenvalue weighted by molar-refractivity contribution is 5.89. The standard InChI is InChI=1S/C14H22N2O3/c17-13(11-8-12(11)14(18)19)16-7-4-10(9-16)15-5-2-1-3-6-15/h10-12H,1-9H2,(H,18,19). The van der Waals surface area contributed by atoms with E-state index in [2.05, 4.69) is 4.90 Å². The lowest BCUT2D eigenvalue weighted by Gasteiger charge is -2.32. The summed E-state index contributed by atoms with van der Waals surface area (Å²) >= 11 is 0. The summed E-state index contributed by atoms with van der Waals surface area (Å²) < 4.78 is 0. The van der Waals surface area contributed by atoms with Crippen LogP contribution in [0.4, 0.5) is 0 Å². The van der Waals surface area contributed by atoms with E-state index in [0.29, 0.717) is 12.5 Å². The number of carbonyl (C=O) groups is 2. The molecule has 0 aromatic rings. The Hall–Kier alpha value is -1.10. The third-order valence-electron chi connectivity index (χ3n) is 4.81. The van der Waals surface area contributed by atoms with Crippen molar-refractivity contribution in [3.05, 3.63) is 0 Å². The summed E-state index contributed by atoms with van der Waals surface area (Å²) in [6.07, 6.45) is 5.46. The van der Waals surface area contributed by atoms with Gasteiger partial charge in [-0.1, -0.05) is 6.42 Å². The van der Waals surface area contributed by atoms with Gasteiger partial charge in [-0.2, -0.15) is 0 Å². The van der Waals surface area contributed by atoms with E-state index in [-0.39, 0.29) is 11.8 Å². The maximum absolute atomic E-state index is 12.2. The van der Waals surface area contributed by atoms with Gasteiger partial charge >= 0.3 is 5.97 Å². The number of carboxylic acid groups (broad SMARTS) is 1. The summed E-state index contributed by atoms with van der Waals surface area (Å²) in [5.74, 6) is -1.39. The van der Waals surface area contributed by atoms with Crippen LogP contribution in [0.15, 0.2) is 0 Å². The van der Waals surface area contributed by atoms with Crippen LogP contribution in [0.25, 0.3) is 0 Å². The van der Waals surface area contributed by atoms with Crippen LogP contribution in [-0.4, -0.2) is 59.0 Å². The molecule has 1 aliphatic carbocycles. The molecule has 5 nitrogen and oxygen atoms in total. The fourth-order valence-corrected chi connectivity index (χ4v) is 3.50. The molecule has 3 rings (SSSR count). The van der Waals surface area contributed by atoms with Crippen LogP contribution >= 0.6 is 0 Å². The highest BCUT2D eigenvalue weighted by atomic mass is 16.4. The first kappa shape index (κ1) is 12.9. The summed E-state index contributed by atoms with van der Waals surface area (Å²) in [5, 5.41) is 8.89. The molecular weight excluding hydrogens is 244 g/mol. The third kappa shape index (κ3) is 2.61. The van der Waals surface area contributed by atoms with Gasteiger partial charge in [0, 0.05) is 19.1 Å². The Balaban J connectivity index is 1.51. The molecular formula is C14H22N2O3. The first-order chi connectivity index (χ1) is 9.16. The van der Waals surface area contributed by atoms with Gasteiger partial charge in [-0.15, -0.1) is 0 Å². The summed E-state index contributed by atoms with van der Waals surface area (Å²) in [6.45, 7) is 3.94. The average molecular weight is 266 g/mol. The smallest absolute Gasteiger partial charge is 0.307 e. The number of hydrogen-bond donors (Lipinski definition) is 1. The van der Waals surface area contributed by atoms with Crippen LogP contribution in [-0.2, 0) is 9.59 Å². The molecule has 0 spiro atoms. The summed E-state index contributed by atoms with van der Waals surface area (Å²) in [5.41, 5.74) is 0. The average Bonchev–Trinajstić information content (AvgIpc) is 3.08. The Kier molecular flexibility index (Phi) is 3.48. The Bertz CT molecular complexity index is 379. The van der Waals surface area contributed by atoms with Gasteiger partial charge in [0.15, 0.2) is 0 Å². The van der Waals surface area contributed by atoms with E-state index in [1.807, 2.05) is 4.90 Å². The molecule has 0 aromatic heterocycles. The lowest BCUT2D eigenvalue weighted by Crippen LogP contribution is -2.42. The van der Waals surface area contributed by atoms with E-state index in [0.717, 1.165) is 32.6 Å². The largest absolute Gasteiger partial charge is 0.481 e. The fourth-order valence-electron chi connectivity index (χ4n) is 3.50. The van der Waals surface area contributed by atoms with Crippen molar-refractivity contribution in [3.8, 4) is 0 Å². The minimum absolute atomic E-state index is 0.0758. The minimum Gasteiger partial charge on any atom is -0.481 e. The van der Waals surface area contributed by atoms with Gasteiger partial charge in [0.2, 0.25) is 5.91 Å². The van der Waals surface area contributed by atoms with E-state index in [4.69, 9.17) is 5.11 Å². The molecule has 2 saturated heterocycles. The molecule has 0 aromatic carbocycles. The molecule has 3 fully saturated rings. The number of amides is 1. The highest BCUT2D eigenvalue weighted by Gasteiger charge is 2.50. The molecule has 0 radical (unpaired) electrons. The van der Waals surface area contributed by atoms with Crippen molar-refractivity contribution in [2.24, 2.45) is 11.8 Å². The van der Waals surface area contributed by atoms with Crippen LogP contribution in [0, 0.1) is 11.8 Å². The SMILES string of the molecule is O=C(O)C1CC1C(=O)N1CCC(N2CCCCC2)C1. The second-order valence-electron chi connectivity index (χ2n) is 6.11. The maximum atomic E-state index is 12.2. The maximum Gasteiger partial charge on any atom is 0.307 e. The molecule has 3 atom stereocenters. The zero-order chi connectivity index (χ0) is 13.4. The second kappa shape index (κ2) is 5.12.